The van der Waals surface area contributed by atoms with Crippen LogP contribution in [0.5, 0.6) is 0 Å². The molecule has 22 heavy (non-hydrogen) atoms. The first-order chi connectivity index (χ1) is 11.0. The van der Waals surface area contributed by atoms with Crippen molar-refractivity contribution in [3.05, 3.63) is 60.7 Å². The SMILES string of the molecule is CO.CO.CO.CO.CO.c1ccc(-c2ccccc2)cc1. The molecule has 0 radical (unpaired) electrons. The second-order valence-corrected chi connectivity index (χ2v) is 2.73. The molecule has 0 aromatic heterocycles. The summed E-state index contributed by atoms with van der Waals surface area (Å²) in [5, 5.41) is 35.0. The van der Waals surface area contributed by atoms with E-state index in [2.05, 4.69) is 48.5 Å². The maximum atomic E-state index is 7.00. The van der Waals surface area contributed by atoms with Gasteiger partial charge in [0.2, 0.25) is 0 Å². The van der Waals surface area contributed by atoms with Gasteiger partial charge in [0.25, 0.3) is 0 Å². The van der Waals surface area contributed by atoms with Crippen LogP contribution in [0, 0.1) is 0 Å². The Kier molecular flexibility index (Phi) is 40.8. The van der Waals surface area contributed by atoms with E-state index in [1.807, 2.05) is 12.1 Å². The minimum atomic E-state index is 1.00. The van der Waals surface area contributed by atoms with Crippen molar-refractivity contribution in [2.75, 3.05) is 35.5 Å². The van der Waals surface area contributed by atoms with Crippen molar-refractivity contribution in [1.82, 2.24) is 0 Å². The standard InChI is InChI=1S/C12H10.5CH4O/c1-3-7-11(8-4-1)12-9-5-2-6-10-12;5*1-2/h1-10H;5*2H,1H3. The van der Waals surface area contributed by atoms with Crippen molar-refractivity contribution in [2.24, 2.45) is 0 Å². The van der Waals surface area contributed by atoms with Gasteiger partial charge in [-0.15, -0.1) is 0 Å². The molecule has 0 atom stereocenters. The Balaban J connectivity index is -0.000000139. The fraction of sp³-hybridized carbons (Fsp3) is 0.294. The molecule has 0 saturated heterocycles. The summed E-state index contributed by atoms with van der Waals surface area (Å²) >= 11 is 0. The predicted octanol–water partition coefficient (Wildman–Crippen LogP) is 1.40. The molecule has 0 unspecified atom stereocenters. The molecule has 2 rings (SSSR count). The average Bonchev–Trinajstić information content (AvgIpc) is 2.71. The summed E-state index contributed by atoms with van der Waals surface area (Å²) in [6.07, 6.45) is 0. The molecule has 0 aliphatic heterocycles. The van der Waals surface area contributed by atoms with Gasteiger partial charge >= 0.3 is 0 Å². The van der Waals surface area contributed by atoms with Crippen LogP contribution in [0.1, 0.15) is 0 Å². The van der Waals surface area contributed by atoms with E-state index in [9.17, 15) is 0 Å². The van der Waals surface area contributed by atoms with Gasteiger partial charge in [0.15, 0.2) is 0 Å². The summed E-state index contributed by atoms with van der Waals surface area (Å²) in [5.41, 5.74) is 2.55. The maximum absolute atomic E-state index is 7.00. The van der Waals surface area contributed by atoms with Crippen LogP contribution in [0.2, 0.25) is 0 Å². The van der Waals surface area contributed by atoms with Crippen LogP contribution in [0.4, 0.5) is 0 Å². The van der Waals surface area contributed by atoms with E-state index < -0.39 is 0 Å². The summed E-state index contributed by atoms with van der Waals surface area (Å²) in [7, 11) is 5.00. The molecule has 0 heterocycles. The Hall–Kier alpha value is -1.76. The zero-order chi connectivity index (χ0) is 18.2. The fourth-order valence-corrected chi connectivity index (χ4v) is 1.26. The monoisotopic (exact) mass is 314 g/mol. The van der Waals surface area contributed by atoms with Crippen molar-refractivity contribution in [3.8, 4) is 11.1 Å². The summed E-state index contributed by atoms with van der Waals surface area (Å²) in [6, 6.07) is 20.8. The third-order valence-corrected chi connectivity index (χ3v) is 1.88. The highest BCUT2D eigenvalue weighted by Crippen LogP contribution is 2.17. The van der Waals surface area contributed by atoms with E-state index in [0.29, 0.717) is 0 Å². The number of hydrogen-bond donors (Lipinski definition) is 5. The van der Waals surface area contributed by atoms with E-state index in [1.165, 1.54) is 11.1 Å². The Morgan fingerprint density at radius 3 is 0.727 bits per heavy atom. The van der Waals surface area contributed by atoms with Crippen LogP contribution in [0.25, 0.3) is 11.1 Å². The molecule has 5 N–H and O–H groups in total. The molecule has 0 amide bonds. The topological polar surface area (TPSA) is 101 Å². The summed E-state index contributed by atoms with van der Waals surface area (Å²) in [6.45, 7) is 0. The van der Waals surface area contributed by atoms with Crippen molar-refractivity contribution in [1.29, 1.82) is 0 Å². The smallest absolute Gasteiger partial charge is 0.0319 e. The first-order valence-corrected chi connectivity index (χ1v) is 6.31. The van der Waals surface area contributed by atoms with Crippen LogP contribution in [0.15, 0.2) is 60.7 Å². The molecule has 5 heteroatoms. The highest BCUT2D eigenvalue weighted by molar-refractivity contribution is 5.62. The van der Waals surface area contributed by atoms with Gasteiger partial charge in [0.1, 0.15) is 0 Å². The van der Waals surface area contributed by atoms with Gasteiger partial charge in [-0.25, -0.2) is 0 Å². The molecule has 2 aromatic carbocycles. The van der Waals surface area contributed by atoms with Gasteiger partial charge in [0.05, 0.1) is 0 Å². The van der Waals surface area contributed by atoms with Crippen molar-refractivity contribution >= 4 is 0 Å². The molecule has 0 saturated carbocycles. The number of aliphatic hydroxyl groups excluding tert-OH is 5. The van der Waals surface area contributed by atoms with Gasteiger partial charge in [-0.2, -0.15) is 0 Å². The fourth-order valence-electron chi connectivity index (χ4n) is 1.26. The molecular formula is C17H30O5. The lowest BCUT2D eigenvalue weighted by molar-refractivity contribution is 0.399. The highest BCUT2D eigenvalue weighted by Gasteiger charge is 1.91. The predicted molar refractivity (Wildman–Crippen MR) is 92.6 cm³/mol. The van der Waals surface area contributed by atoms with Crippen molar-refractivity contribution < 1.29 is 25.5 Å². The van der Waals surface area contributed by atoms with Gasteiger partial charge in [0, 0.05) is 35.5 Å². The van der Waals surface area contributed by atoms with Gasteiger partial charge in [-0.05, 0) is 11.1 Å². The van der Waals surface area contributed by atoms with Crippen LogP contribution in [-0.4, -0.2) is 61.1 Å². The quantitative estimate of drug-likeness (QED) is 0.548. The van der Waals surface area contributed by atoms with Gasteiger partial charge < -0.3 is 25.5 Å². The lowest BCUT2D eigenvalue weighted by atomic mass is 10.1. The van der Waals surface area contributed by atoms with Crippen LogP contribution < -0.4 is 0 Å². The van der Waals surface area contributed by atoms with E-state index in [-0.39, 0.29) is 0 Å². The van der Waals surface area contributed by atoms with Crippen molar-refractivity contribution in [2.45, 2.75) is 0 Å². The first-order valence-electron chi connectivity index (χ1n) is 6.31. The minimum Gasteiger partial charge on any atom is -0.400 e. The lowest BCUT2D eigenvalue weighted by Gasteiger charge is -1.98. The summed E-state index contributed by atoms with van der Waals surface area (Å²) < 4.78 is 0. The Labute approximate surface area is 133 Å². The van der Waals surface area contributed by atoms with Gasteiger partial charge in [-0.1, -0.05) is 60.7 Å². The highest BCUT2D eigenvalue weighted by atomic mass is 16.2. The summed E-state index contributed by atoms with van der Waals surface area (Å²) in [4.78, 5) is 0. The van der Waals surface area contributed by atoms with Crippen LogP contribution >= 0.6 is 0 Å². The Bertz CT molecular complexity index is 314. The normalized spacial score (nSPS) is 6.64. The molecule has 5 nitrogen and oxygen atoms in total. The number of benzene rings is 2. The first kappa shape index (κ1) is 28.4. The zero-order valence-corrected chi connectivity index (χ0v) is 14.0. The summed E-state index contributed by atoms with van der Waals surface area (Å²) in [5.74, 6) is 0. The molecule has 0 spiro atoms. The lowest BCUT2D eigenvalue weighted by Crippen LogP contribution is -1.73. The zero-order valence-electron chi connectivity index (χ0n) is 14.0. The van der Waals surface area contributed by atoms with E-state index in [1.54, 1.807) is 0 Å². The maximum Gasteiger partial charge on any atom is 0.0319 e. The number of aliphatic hydroxyl groups is 5. The molecule has 0 bridgehead atoms. The Morgan fingerprint density at radius 2 is 0.545 bits per heavy atom. The van der Waals surface area contributed by atoms with Crippen molar-refractivity contribution in [3.63, 3.8) is 0 Å². The number of hydrogen-bond acceptors (Lipinski definition) is 5. The van der Waals surface area contributed by atoms with E-state index in [0.717, 1.165) is 35.5 Å². The van der Waals surface area contributed by atoms with Gasteiger partial charge in [-0.3, -0.25) is 0 Å². The van der Waals surface area contributed by atoms with E-state index in [4.69, 9.17) is 25.5 Å². The minimum absolute atomic E-state index is 1.00. The number of rotatable bonds is 1. The van der Waals surface area contributed by atoms with Crippen LogP contribution in [-0.2, 0) is 0 Å². The third-order valence-electron chi connectivity index (χ3n) is 1.88. The molecular weight excluding hydrogens is 284 g/mol. The molecule has 0 aliphatic carbocycles. The second-order valence-electron chi connectivity index (χ2n) is 2.73. The molecule has 0 aliphatic rings. The molecule has 2 aromatic rings. The largest absolute Gasteiger partial charge is 0.400 e. The molecule has 0 fully saturated rings. The Morgan fingerprint density at radius 1 is 0.364 bits per heavy atom. The van der Waals surface area contributed by atoms with E-state index >= 15 is 0 Å². The van der Waals surface area contributed by atoms with Crippen LogP contribution in [0.3, 0.4) is 0 Å². The average molecular weight is 314 g/mol. The second kappa shape index (κ2) is 31.6. The molecule has 128 valence electrons. The third kappa shape index (κ3) is 16.3.